The quantitative estimate of drug-likeness (QED) is 0.510. The number of hydrogen-bond acceptors (Lipinski definition) is 0. The molecule has 0 N–H and O–H groups in total. The van der Waals surface area contributed by atoms with Crippen molar-refractivity contribution < 1.29 is 0 Å². The number of hydrogen-bond donors (Lipinski definition) is 0. The van der Waals surface area contributed by atoms with Gasteiger partial charge in [-0.15, -0.1) is 6.58 Å². The Bertz CT molecular complexity index is 135. The van der Waals surface area contributed by atoms with Gasteiger partial charge in [0.15, 0.2) is 0 Å². The van der Waals surface area contributed by atoms with Crippen molar-refractivity contribution in [1.29, 1.82) is 0 Å². The van der Waals surface area contributed by atoms with Crippen LogP contribution >= 0.6 is 0 Å². The Morgan fingerprint density at radius 3 is 2.25 bits per heavy atom. The molecule has 0 amide bonds. The molecule has 0 saturated carbocycles. The Morgan fingerprint density at radius 1 is 1.33 bits per heavy atom. The molecule has 0 aliphatic carbocycles. The zero-order chi connectivity index (χ0) is 9.61. The van der Waals surface area contributed by atoms with Crippen LogP contribution in [0.3, 0.4) is 0 Å². The van der Waals surface area contributed by atoms with Gasteiger partial charge in [-0.2, -0.15) is 0 Å². The van der Waals surface area contributed by atoms with Crippen molar-refractivity contribution in [2.24, 2.45) is 5.41 Å². The van der Waals surface area contributed by atoms with Crippen LogP contribution in [0.4, 0.5) is 0 Å². The van der Waals surface area contributed by atoms with Gasteiger partial charge >= 0.3 is 0 Å². The zero-order valence-electron chi connectivity index (χ0n) is 9.24. The Kier molecular flexibility index (Phi) is 5.28. The third-order valence-electron chi connectivity index (χ3n) is 2.72. The van der Waals surface area contributed by atoms with Gasteiger partial charge in [-0.25, -0.2) is 0 Å². The van der Waals surface area contributed by atoms with Gasteiger partial charge < -0.3 is 0 Å². The Morgan fingerprint density at radius 2 is 1.92 bits per heavy atom. The van der Waals surface area contributed by atoms with Gasteiger partial charge in [0.1, 0.15) is 0 Å². The SMILES string of the molecule is C=C(C)CC(C)(CC)CCCC. The molecular formula is C12H24. The fourth-order valence-corrected chi connectivity index (χ4v) is 1.72. The van der Waals surface area contributed by atoms with Crippen LogP contribution in [0, 0.1) is 5.41 Å². The number of allylic oxidation sites excluding steroid dienone is 1. The summed E-state index contributed by atoms with van der Waals surface area (Å²) in [6.07, 6.45) is 6.50. The van der Waals surface area contributed by atoms with Gasteiger partial charge in [0, 0.05) is 0 Å². The second-order valence-electron chi connectivity index (χ2n) is 4.40. The van der Waals surface area contributed by atoms with Crippen LogP contribution in [-0.2, 0) is 0 Å². The van der Waals surface area contributed by atoms with E-state index in [1.165, 1.54) is 37.7 Å². The van der Waals surface area contributed by atoms with Crippen LogP contribution in [-0.4, -0.2) is 0 Å². The lowest BCUT2D eigenvalue weighted by atomic mass is 9.77. The van der Waals surface area contributed by atoms with Crippen LogP contribution in [0.1, 0.15) is 59.8 Å². The maximum absolute atomic E-state index is 4.00. The van der Waals surface area contributed by atoms with Crippen molar-refractivity contribution in [2.75, 3.05) is 0 Å². The molecule has 0 nitrogen and oxygen atoms in total. The smallest absolute Gasteiger partial charge is 0.0272 e. The first-order valence-electron chi connectivity index (χ1n) is 5.18. The van der Waals surface area contributed by atoms with Crippen molar-refractivity contribution >= 4 is 0 Å². The van der Waals surface area contributed by atoms with Crippen LogP contribution in [0.15, 0.2) is 12.2 Å². The number of unbranched alkanes of at least 4 members (excludes halogenated alkanes) is 1. The van der Waals surface area contributed by atoms with Gasteiger partial charge in [0.2, 0.25) is 0 Å². The van der Waals surface area contributed by atoms with E-state index in [1.807, 2.05) is 0 Å². The molecule has 0 rings (SSSR count). The summed E-state index contributed by atoms with van der Waals surface area (Å²) >= 11 is 0. The third-order valence-corrected chi connectivity index (χ3v) is 2.72. The highest BCUT2D eigenvalue weighted by Gasteiger charge is 2.20. The van der Waals surface area contributed by atoms with E-state index in [2.05, 4.69) is 34.3 Å². The van der Waals surface area contributed by atoms with Crippen molar-refractivity contribution in [2.45, 2.75) is 59.8 Å². The van der Waals surface area contributed by atoms with E-state index >= 15 is 0 Å². The molecule has 0 spiro atoms. The van der Waals surface area contributed by atoms with E-state index in [4.69, 9.17) is 0 Å². The molecule has 0 heteroatoms. The summed E-state index contributed by atoms with van der Waals surface area (Å²) < 4.78 is 0. The van der Waals surface area contributed by atoms with Crippen molar-refractivity contribution in [3.05, 3.63) is 12.2 Å². The lowest BCUT2D eigenvalue weighted by Gasteiger charge is -2.28. The molecule has 0 aliphatic heterocycles. The molecular weight excluding hydrogens is 144 g/mol. The van der Waals surface area contributed by atoms with E-state index in [9.17, 15) is 0 Å². The number of rotatable bonds is 6. The molecule has 1 unspecified atom stereocenters. The standard InChI is InChI=1S/C12H24/c1-6-8-9-12(5,7-2)10-11(3)4/h3,6-10H2,1-2,4-5H3. The summed E-state index contributed by atoms with van der Waals surface area (Å²) in [6.45, 7) is 13.1. The molecule has 1 atom stereocenters. The van der Waals surface area contributed by atoms with Gasteiger partial charge in [-0.3, -0.25) is 0 Å². The van der Waals surface area contributed by atoms with E-state index in [1.54, 1.807) is 0 Å². The van der Waals surface area contributed by atoms with Gasteiger partial charge in [-0.1, -0.05) is 45.6 Å². The second kappa shape index (κ2) is 5.40. The highest BCUT2D eigenvalue weighted by Crippen LogP contribution is 2.34. The first-order valence-corrected chi connectivity index (χ1v) is 5.18. The lowest BCUT2D eigenvalue weighted by molar-refractivity contribution is 0.273. The molecule has 0 aliphatic rings. The van der Waals surface area contributed by atoms with Crippen LogP contribution in [0.5, 0.6) is 0 Å². The predicted molar refractivity (Wildman–Crippen MR) is 57.4 cm³/mol. The molecule has 0 saturated heterocycles. The van der Waals surface area contributed by atoms with E-state index in [0.29, 0.717) is 5.41 Å². The monoisotopic (exact) mass is 168 g/mol. The Labute approximate surface area is 78.1 Å². The van der Waals surface area contributed by atoms with E-state index < -0.39 is 0 Å². The zero-order valence-corrected chi connectivity index (χ0v) is 9.24. The van der Waals surface area contributed by atoms with E-state index in [0.717, 1.165) is 0 Å². The first kappa shape index (κ1) is 11.7. The molecule has 0 aromatic carbocycles. The molecule has 0 radical (unpaired) electrons. The largest absolute Gasteiger partial charge is 0.100 e. The molecule has 12 heavy (non-hydrogen) atoms. The fraction of sp³-hybridized carbons (Fsp3) is 0.833. The highest BCUT2D eigenvalue weighted by molar-refractivity contribution is 4.94. The third kappa shape index (κ3) is 4.58. The summed E-state index contributed by atoms with van der Waals surface area (Å²) in [5.41, 5.74) is 1.84. The second-order valence-corrected chi connectivity index (χ2v) is 4.40. The maximum atomic E-state index is 4.00. The molecule has 0 heterocycles. The summed E-state index contributed by atoms with van der Waals surface area (Å²) in [4.78, 5) is 0. The van der Waals surface area contributed by atoms with E-state index in [-0.39, 0.29) is 0 Å². The topological polar surface area (TPSA) is 0 Å². The molecule has 0 aromatic heterocycles. The Balaban J connectivity index is 3.95. The minimum Gasteiger partial charge on any atom is -0.100 e. The van der Waals surface area contributed by atoms with Gasteiger partial charge in [-0.05, 0) is 25.2 Å². The normalized spacial score (nSPS) is 15.7. The average molecular weight is 168 g/mol. The van der Waals surface area contributed by atoms with Crippen molar-refractivity contribution in [1.82, 2.24) is 0 Å². The lowest BCUT2D eigenvalue weighted by Crippen LogP contribution is -2.15. The van der Waals surface area contributed by atoms with Crippen LogP contribution in [0.2, 0.25) is 0 Å². The van der Waals surface area contributed by atoms with Gasteiger partial charge in [0.05, 0.1) is 0 Å². The van der Waals surface area contributed by atoms with Crippen LogP contribution < -0.4 is 0 Å². The highest BCUT2D eigenvalue weighted by atomic mass is 14.3. The van der Waals surface area contributed by atoms with Crippen LogP contribution in [0.25, 0.3) is 0 Å². The maximum Gasteiger partial charge on any atom is -0.0272 e. The molecule has 0 aromatic rings. The predicted octanol–water partition coefficient (Wildman–Crippen LogP) is 4.56. The fourth-order valence-electron chi connectivity index (χ4n) is 1.72. The molecule has 72 valence electrons. The summed E-state index contributed by atoms with van der Waals surface area (Å²) in [7, 11) is 0. The van der Waals surface area contributed by atoms with Gasteiger partial charge in [0.25, 0.3) is 0 Å². The van der Waals surface area contributed by atoms with Crippen molar-refractivity contribution in [3.63, 3.8) is 0 Å². The summed E-state index contributed by atoms with van der Waals surface area (Å²) in [6, 6.07) is 0. The Hall–Kier alpha value is -0.260. The first-order chi connectivity index (χ1) is 5.54. The molecule has 0 bridgehead atoms. The summed E-state index contributed by atoms with van der Waals surface area (Å²) in [5.74, 6) is 0. The molecule has 0 fully saturated rings. The van der Waals surface area contributed by atoms with Crippen molar-refractivity contribution in [3.8, 4) is 0 Å². The summed E-state index contributed by atoms with van der Waals surface area (Å²) in [5, 5.41) is 0. The minimum absolute atomic E-state index is 0.516. The minimum atomic E-state index is 0.516. The average Bonchev–Trinajstić information content (AvgIpc) is 2.00.